The summed E-state index contributed by atoms with van der Waals surface area (Å²) < 4.78 is 0. The van der Waals surface area contributed by atoms with E-state index in [0.29, 0.717) is 10.7 Å². The maximum absolute atomic E-state index is 9.00. The van der Waals surface area contributed by atoms with E-state index >= 15 is 0 Å². The molecular formula is C10H9Cl3N6O. The van der Waals surface area contributed by atoms with E-state index in [1.165, 1.54) is 0 Å². The molecule has 2 amide bonds. The van der Waals surface area contributed by atoms with Gasteiger partial charge in [-0.1, -0.05) is 23.7 Å². The second kappa shape index (κ2) is 7.68. The van der Waals surface area contributed by atoms with Gasteiger partial charge in [0.2, 0.25) is 16.5 Å². The van der Waals surface area contributed by atoms with Crippen molar-refractivity contribution in [1.82, 2.24) is 15.0 Å². The van der Waals surface area contributed by atoms with Crippen LogP contribution in [0.1, 0.15) is 0 Å². The largest absolute Gasteiger partial charge is 0.352 e. The van der Waals surface area contributed by atoms with Crippen LogP contribution in [-0.4, -0.2) is 21.0 Å². The molecule has 1 aromatic heterocycles. The highest BCUT2D eigenvalue weighted by atomic mass is 35.5. The van der Waals surface area contributed by atoms with Crippen molar-refractivity contribution in [1.29, 1.82) is 0 Å². The van der Waals surface area contributed by atoms with Crippen molar-refractivity contribution in [2.24, 2.45) is 11.5 Å². The van der Waals surface area contributed by atoms with Gasteiger partial charge >= 0.3 is 6.03 Å². The average Bonchev–Trinajstić information content (AvgIpc) is 2.30. The molecule has 106 valence electrons. The van der Waals surface area contributed by atoms with E-state index in [1.807, 2.05) is 12.1 Å². The van der Waals surface area contributed by atoms with Gasteiger partial charge in [-0.2, -0.15) is 15.0 Å². The summed E-state index contributed by atoms with van der Waals surface area (Å²) in [5.41, 5.74) is 9.17. The van der Waals surface area contributed by atoms with E-state index < -0.39 is 6.03 Å². The summed E-state index contributed by atoms with van der Waals surface area (Å²) in [6, 6.07) is 6.35. The summed E-state index contributed by atoms with van der Waals surface area (Å²) in [6.07, 6.45) is 0. The summed E-state index contributed by atoms with van der Waals surface area (Å²) in [5, 5.41) is 3.49. The molecule has 0 saturated heterocycles. The maximum Gasteiger partial charge on any atom is 0.309 e. The standard InChI is InChI=1S/C9H5Cl3N4.CH4N2O/c10-5-3-1-2-4-6(5)13-9-15-7(11)14-8(12)16-9;2-1(3)4/h1-4H,(H,13,14,15,16);(H4,2,3,4). The Hall–Kier alpha value is -1.83. The Bertz CT molecular complexity index is 585. The summed E-state index contributed by atoms with van der Waals surface area (Å²) in [7, 11) is 0. The molecule has 7 nitrogen and oxygen atoms in total. The van der Waals surface area contributed by atoms with Gasteiger partial charge in [0.05, 0.1) is 10.7 Å². The van der Waals surface area contributed by atoms with Crippen molar-refractivity contribution < 1.29 is 4.79 Å². The zero-order chi connectivity index (χ0) is 15.1. The molecule has 0 bridgehead atoms. The molecule has 5 N–H and O–H groups in total. The van der Waals surface area contributed by atoms with Crippen LogP contribution in [0.15, 0.2) is 24.3 Å². The minimum absolute atomic E-state index is 0.0227. The number of carbonyl (C=O) groups excluding carboxylic acids is 1. The van der Waals surface area contributed by atoms with Crippen LogP contribution in [0.4, 0.5) is 16.4 Å². The van der Waals surface area contributed by atoms with Gasteiger partial charge in [0.15, 0.2) is 0 Å². The molecule has 0 aliphatic carbocycles. The molecule has 1 heterocycles. The molecule has 0 atom stereocenters. The molecule has 0 fully saturated rings. The Morgan fingerprint density at radius 1 is 1.00 bits per heavy atom. The number of anilines is 2. The Kier molecular flexibility index (Phi) is 6.23. The van der Waals surface area contributed by atoms with Gasteiger partial charge in [0.1, 0.15) is 0 Å². The van der Waals surface area contributed by atoms with Crippen LogP contribution < -0.4 is 16.8 Å². The number of carbonyl (C=O) groups is 1. The molecule has 0 unspecified atom stereocenters. The van der Waals surface area contributed by atoms with Gasteiger partial charge in [-0.3, -0.25) is 0 Å². The zero-order valence-electron chi connectivity index (χ0n) is 9.85. The Balaban J connectivity index is 0.000000444. The van der Waals surface area contributed by atoms with Gasteiger partial charge in [-0.25, -0.2) is 4.79 Å². The lowest BCUT2D eigenvalue weighted by molar-refractivity contribution is 0.256. The molecular weight excluding hydrogens is 327 g/mol. The van der Waals surface area contributed by atoms with Crippen molar-refractivity contribution >= 4 is 52.5 Å². The smallest absolute Gasteiger partial charge is 0.309 e. The van der Waals surface area contributed by atoms with E-state index in [2.05, 4.69) is 31.7 Å². The molecule has 0 aliphatic rings. The van der Waals surface area contributed by atoms with Gasteiger partial charge < -0.3 is 16.8 Å². The highest BCUT2D eigenvalue weighted by Gasteiger charge is 2.05. The number of nitrogens with two attached hydrogens (primary N) is 2. The molecule has 1 aromatic carbocycles. The lowest BCUT2D eigenvalue weighted by Crippen LogP contribution is -2.18. The first-order chi connectivity index (χ1) is 9.38. The van der Waals surface area contributed by atoms with Gasteiger partial charge in [-0.05, 0) is 35.3 Å². The van der Waals surface area contributed by atoms with Crippen molar-refractivity contribution in [2.45, 2.75) is 0 Å². The monoisotopic (exact) mass is 334 g/mol. The number of amides is 2. The first-order valence-corrected chi connectivity index (χ1v) is 6.15. The average molecular weight is 336 g/mol. The van der Waals surface area contributed by atoms with Gasteiger partial charge in [-0.15, -0.1) is 0 Å². The van der Waals surface area contributed by atoms with Crippen LogP contribution in [0, 0.1) is 0 Å². The second-order valence-corrected chi connectivity index (χ2v) is 4.29. The van der Waals surface area contributed by atoms with Crippen molar-refractivity contribution in [3.8, 4) is 0 Å². The van der Waals surface area contributed by atoms with Crippen LogP contribution in [0.5, 0.6) is 0 Å². The summed E-state index contributed by atoms with van der Waals surface area (Å²) in [4.78, 5) is 20.4. The van der Waals surface area contributed by atoms with Gasteiger partial charge in [0.25, 0.3) is 0 Å². The number of para-hydroxylation sites is 1. The number of nitrogens with one attached hydrogen (secondary N) is 1. The minimum Gasteiger partial charge on any atom is -0.352 e. The fraction of sp³-hybridized carbons (Fsp3) is 0. The van der Waals surface area contributed by atoms with Crippen LogP contribution in [-0.2, 0) is 0 Å². The highest BCUT2D eigenvalue weighted by molar-refractivity contribution is 6.33. The third kappa shape index (κ3) is 5.87. The topological polar surface area (TPSA) is 120 Å². The molecule has 2 aromatic rings. The lowest BCUT2D eigenvalue weighted by atomic mass is 10.3. The van der Waals surface area contributed by atoms with Crippen molar-refractivity contribution in [3.63, 3.8) is 0 Å². The number of urea groups is 1. The van der Waals surface area contributed by atoms with Crippen LogP contribution in [0.25, 0.3) is 0 Å². The number of nitrogens with zero attached hydrogens (tertiary/aromatic N) is 3. The minimum atomic E-state index is -0.833. The predicted molar refractivity (Wildman–Crippen MR) is 78.4 cm³/mol. The molecule has 10 heteroatoms. The number of rotatable bonds is 2. The van der Waals surface area contributed by atoms with E-state index in [1.54, 1.807) is 12.1 Å². The van der Waals surface area contributed by atoms with Gasteiger partial charge in [0, 0.05) is 0 Å². The summed E-state index contributed by atoms with van der Waals surface area (Å²) in [6.45, 7) is 0. The molecule has 0 saturated carbocycles. The quantitative estimate of drug-likeness (QED) is 0.779. The van der Waals surface area contributed by atoms with Crippen molar-refractivity contribution in [3.05, 3.63) is 39.9 Å². The Morgan fingerprint density at radius 3 is 2.00 bits per heavy atom. The predicted octanol–water partition coefficient (Wildman–Crippen LogP) is 2.60. The van der Waals surface area contributed by atoms with Crippen molar-refractivity contribution in [2.75, 3.05) is 5.32 Å². The molecule has 20 heavy (non-hydrogen) atoms. The maximum atomic E-state index is 9.00. The van der Waals surface area contributed by atoms with E-state index in [9.17, 15) is 0 Å². The molecule has 0 radical (unpaired) electrons. The fourth-order valence-electron chi connectivity index (χ4n) is 1.06. The normalized spacial score (nSPS) is 9.35. The Labute approximate surface area is 129 Å². The first-order valence-electron chi connectivity index (χ1n) is 5.02. The highest BCUT2D eigenvalue weighted by Crippen LogP contribution is 2.23. The number of aromatic nitrogens is 3. The van der Waals surface area contributed by atoms with E-state index in [-0.39, 0.29) is 16.5 Å². The van der Waals surface area contributed by atoms with Crippen LogP contribution in [0.2, 0.25) is 15.6 Å². The molecule has 0 aliphatic heterocycles. The van der Waals surface area contributed by atoms with E-state index in [4.69, 9.17) is 39.6 Å². The van der Waals surface area contributed by atoms with Crippen LogP contribution in [0.3, 0.4) is 0 Å². The Morgan fingerprint density at radius 2 is 1.50 bits per heavy atom. The number of hydrogen-bond donors (Lipinski definition) is 3. The number of primary amides is 2. The number of hydrogen-bond acceptors (Lipinski definition) is 5. The fourth-order valence-corrected chi connectivity index (χ4v) is 1.61. The van der Waals surface area contributed by atoms with Crippen LogP contribution >= 0.6 is 34.8 Å². The summed E-state index contributed by atoms with van der Waals surface area (Å²) in [5.74, 6) is 0.248. The summed E-state index contributed by atoms with van der Waals surface area (Å²) >= 11 is 17.2. The zero-order valence-corrected chi connectivity index (χ0v) is 12.1. The third-order valence-corrected chi connectivity index (χ3v) is 2.37. The first kappa shape index (κ1) is 16.2. The number of benzene rings is 1. The third-order valence-electron chi connectivity index (χ3n) is 1.70. The molecule has 2 rings (SSSR count). The lowest BCUT2D eigenvalue weighted by Gasteiger charge is -2.06. The SMILES string of the molecule is Clc1nc(Cl)nc(Nc2ccccc2Cl)n1.NC(N)=O. The molecule has 0 spiro atoms. The van der Waals surface area contributed by atoms with E-state index in [0.717, 1.165) is 0 Å². The second-order valence-electron chi connectivity index (χ2n) is 3.20. The number of halogens is 3.